The minimum atomic E-state index is -4.34. The zero-order valence-corrected chi connectivity index (χ0v) is 11.4. The highest BCUT2D eigenvalue weighted by Gasteiger charge is 2.32. The smallest absolute Gasteiger partial charge is 0.408 e. The lowest BCUT2D eigenvalue weighted by atomic mass is 10.2. The van der Waals surface area contributed by atoms with Crippen LogP contribution in [0.3, 0.4) is 0 Å². The highest BCUT2D eigenvalue weighted by molar-refractivity contribution is 7.50. The van der Waals surface area contributed by atoms with E-state index in [9.17, 15) is 14.4 Å². The topological polar surface area (TPSA) is 79.2 Å². The van der Waals surface area contributed by atoms with Gasteiger partial charge in [-0.3, -0.25) is 4.89 Å². The van der Waals surface area contributed by atoms with Crippen molar-refractivity contribution in [1.29, 1.82) is 0 Å². The predicted molar refractivity (Wildman–Crippen MR) is 74.7 cm³/mol. The molecular formula is C13H13N2O4P. The van der Waals surface area contributed by atoms with E-state index in [2.05, 4.69) is 5.29 Å². The monoisotopic (exact) mass is 292 g/mol. The number of nitroso groups, excluding NO2 is 1. The van der Waals surface area contributed by atoms with E-state index in [1.807, 2.05) is 0 Å². The summed E-state index contributed by atoms with van der Waals surface area (Å²) in [4.78, 5) is 20.7. The minimum absolute atomic E-state index is 0.106. The summed E-state index contributed by atoms with van der Waals surface area (Å²) in [5, 5.41) is 2.60. The first-order valence-electron chi connectivity index (χ1n) is 5.84. The fraction of sp³-hybridized carbons (Fsp3) is 0.0769. The van der Waals surface area contributed by atoms with Crippen LogP contribution in [0.2, 0.25) is 0 Å². The van der Waals surface area contributed by atoms with E-state index in [1.54, 1.807) is 48.5 Å². The minimum Gasteiger partial charge on any atom is -0.408 e. The van der Waals surface area contributed by atoms with E-state index in [1.165, 1.54) is 12.1 Å². The maximum atomic E-state index is 12.1. The molecule has 0 saturated heterocycles. The summed E-state index contributed by atoms with van der Waals surface area (Å²) in [6.45, 7) is -0.106. The first-order valence-corrected chi connectivity index (χ1v) is 7.37. The third-order valence-corrected chi connectivity index (χ3v) is 3.77. The first kappa shape index (κ1) is 14.2. The van der Waals surface area contributed by atoms with Crippen molar-refractivity contribution in [2.45, 2.75) is 6.54 Å². The van der Waals surface area contributed by atoms with E-state index in [-0.39, 0.29) is 12.3 Å². The lowest BCUT2D eigenvalue weighted by Gasteiger charge is -2.21. The van der Waals surface area contributed by atoms with Crippen LogP contribution in [-0.4, -0.2) is 9.67 Å². The van der Waals surface area contributed by atoms with Gasteiger partial charge in [0.2, 0.25) is 0 Å². The molecule has 20 heavy (non-hydrogen) atoms. The first-order chi connectivity index (χ1) is 9.62. The van der Waals surface area contributed by atoms with Crippen molar-refractivity contribution in [2.75, 3.05) is 0 Å². The van der Waals surface area contributed by atoms with E-state index < -0.39 is 7.75 Å². The zero-order valence-electron chi connectivity index (χ0n) is 10.5. The van der Waals surface area contributed by atoms with Crippen molar-refractivity contribution in [1.82, 2.24) is 4.78 Å². The van der Waals surface area contributed by atoms with Crippen molar-refractivity contribution in [3.05, 3.63) is 71.1 Å². The molecule has 104 valence electrons. The van der Waals surface area contributed by atoms with Gasteiger partial charge in [-0.15, -0.1) is 9.69 Å². The molecule has 0 aromatic heterocycles. The molecule has 0 aliphatic rings. The molecule has 1 N–H and O–H groups in total. The molecule has 2 aromatic carbocycles. The van der Waals surface area contributed by atoms with Crippen LogP contribution >= 0.6 is 7.75 Å². The van der Waals surface area contributed by atoms with Gasteiger partial charge in [0.05, 0.1) is 11.8 Å². The summed E-state index contributed by atoms with van der Waals surface area (Å²) in [5.74, 6) is 0.194. The Kier molecular flexibility index (Phi) is 4.50. The van der Waals surface area contributed by atoms with Crippen LogP contribution in [-0.2, 0) is 11.1 Å². The Labute approximate surface area is 116 Å². The molecule has 2 aromatic rings. The van der Waals surface area contributed by atoms with Gasteiger partial charge < -0.3 is 4.52 Å². The lowest BCUT2D eigenvalue weighted by Crippen LogP contribution is -2.16. The standard InChI is InChI=1S/C13H13N2O4P/c16-14-15(11-12-7-3-1-4-8-12)20(17,18)19-13-9-5-2-6-10-13/h1-10H,11H2,(H,17,18). The number of rotatable bonds is 6. The number of para-hydroxylation sites is 1. The van der Waals surface area contributed by atoms with Crippen molar-refractivity contribution >= 4 is 7.75 Å². The molecule has 0 aliphatic heterocycles. The fourth-order valence-corrected chi connectivity index (χ4v) is 2.50. The second kappa shape index (κ2) is 6.32. The van der Waals surface area contributed by atoms with Gasteiger partial charge in [0.1, 0.15) is 5.75 Å². The normalized spacial score (nSPS) is 13.2. The van der Waals surface area contributed by atoms with Crippen LogP contribution in [0, 0.1) is 4.91 Å². The van der Waals surface area contributed by atoms with Gasteiger partial charge >= 0.3 is 7.75 Å². The van der Waals surface area contributed by atoms with E-state index in [0.29, 0.717) is 10.3 Å². The van der Waals surface area contributed by atoms with Crippen LogP contribution in [0.4, 0.5) is 0 Å². The quantitative estimate of drug-likeness (QED) is 0.501. The molecular weight excluding hydrogens is 279 g/mol. The molecule has 2 rings (SSSR count). The Morgan fingerprint density at radius 2 is 1.60 bits per heavy atom. The van der Waals surface area contributed by atoms with Gasteiger partial charge in [-0.2, -0.15) is 0 Å². The Hall–Kier alpha value is -2.17. The highest BCUT2D eigenvalue weighted by atomic mass is 31.2. The van der Waals surface area contributed by atoms with Crippen molar-refractivity contribution < 1.29 is 14.0 Å². The summed E-state index contributed by atoms with van der Waals surface area (Å²) in [6, 6.07) is 16.9. The second-order valence-electron chi connectivity index (χ2n) is 3.99. The average Bonchev–Trinajstić information content (AvgIpc) is 2.46. The Morgan fingerprint density at radius 3 is 2.15 bits per heavy atom. The Morgan fingerprint density at radius 1 is 1.05 bits per heavy atom. The lowest BCUT2D eigenvalue weighted by molar-refractivity contribution is 0.276. The van der Waals surface area contributed by atoms with E-state index in [0.717, 1.165) is 0 Å². The summed E-state index contributed by atoms with van der Waals surface area (Å²) < 4.78 is 17.6. The maximum absolute atomic E-state index is 12.1. The van der Waals surface area contributed by atoms with Crippen LogP contribution in [0.15, 0.2) is 65.9 Å². The molecule has 0 amide bonds. The van der Waals surface area contributed by atoms with Crippen molar-refractivity contribution in [3.8, 4) is 5.75 Å². The summed E-state index contributed by atoms with van der Waals surface area (Å²) in [5.41, 5.74) is 0.679. The number of benzene rings is 2. The molecule has 0 bridgehead atoms. The molecule has 0 radical (unpaired) electrons. The molecule has 0 fully saturated rings. The van der Waals surface area contributed by atoms with Gasteiger partial charge in [0.15, 0.2) is 0 Å². The largest absolute Gasteiger partial charge is 0.504 e. The Balaban J connectivity index is 2.13. The third-order valence-electron chi connectivity index (χ3n) is 2.52. The zero-order chi connectivity index (χ0) is 14.4. The Bertz CT molecular complexity index is 606. The van der Waals surface area contributed by atoms with Gasteiger partial charge in [0, 0.05) is 0 Å². The van der Waals surface area contributed by atoms with Gasteiger partial charge in [-0.05, 0) is 17.7 Å². The van der Waals surface area contributed by atoms with Crippen LogP contribution in [0.5, 0.6) is 5.75 Å². The van der Waals surface area contributed by atoms with E-state index in [4.69, 9.17) is 4.52 Å². The van der Waals surface area contributed by atoms with Crippen LogP contribution in [0.25, 0.3) is 0 Å². The number of hydrogen-bond acceptors (Lipinski definition) is 4. The summed E-state index contributed by atoms with van der Waals surface area (Å²) in [7, 11) is -4.34. The molecule has 1 atom stereocenters. The molecule has 0 aliphatic carbocycles. The number of nitrogens with zero attached hydrogens (tertiary/aromatic N) is 2. The molecule has 6 nitrogen and oxygen atoms in total. The van der Waals surface area contributed by atoms with Gasteiger partial charge in [0.25, 0.3) is 0 Å². The highest BCUT2D eigenvalue weighted by Crippen LogP contribution is 2.47. The van der Waals surface area contributed by atoms with Crippen molar-refractivity contribution in [3.63, 3.8) is 0 Å². The van der Waals surface area contributed by atoms with E-state index >= 15 is 0 Å². The molecule has 0 saturated carbocycles. The van der Waals surface area contributed by atoms with Crippen molar-refractivity contribution in [2.24, 2.45) is 5.29 Å². The fourth-order valence-electron chi connectivity index (χ4n) is 1.58. The predicted octanol–water partition coefficient (Wildman–Crippen LogP) is 3.35. The summed E-state index contributed by atoms with van der Waals surface area (Å²) in [6.07, 6.45) is 0. The molecule has 0 heterocycles. The molecule has 0 spiro atoms. The SMILES string of the molecule is O=NN(Cc1ccccc1)P(=O)(O)Oc1ccccc1. The van der Waals surface area contributed by atoms with Gasteiger partial charge in [-0.1, -0.05) is 48.5 Å². The summed E-state index contributed by atoms with van der Waals surface area (Å²) >= 11 is 0. The molecule has 7 heteroatoms. The maximum Gasteiger partial charge on any atom is 0.504 e. The van der Waals surface area contributed by atoms with Crippen LogP contribution < -0.4 is 4.52 Å². The van der Waals surface area contributed by atoms with Gasteiger partial charge in [-0.25, -0.2) is 4.57 Å². The number of hydrogen-bond donors (Lipinski definition) is 1. The second-order valence-corrected chi connectivity index (χ2v) is 5.62. The third kappa shape index (κ3) is 3.66. The average molecular weight is 292 g/mol. The molecule has 1 unspecified atom stereocenters. The van der Waals surface area contributed by atoms with Crippen LogP contribution in [0.1, 0.15) is 5.56 Å².